The van der Waals surface area contributed by atoms with E-state index in [1.807, 2.05) is 60.7 Å². The normalized spacial score (nSPS) is 10.6. The van der Waals surface area contributed by atoms with E-state index in [0.29, 0.717) is 47.4 Å². The Bertz CT molecular complexity index is 1180. The van der Waals surface area contributed by atoms with Crippen molar-refractivity contribution in [2.75, 3.05) is 13.1 Å². The molecule has 0 unspecified atom stereocenters. The smallest absolute Gasteiger partial charge is 0.254 e. The van der Waals surface area contributed by atoms with Gasteiger partial charge in [0.25, 0.3) is 11.8 Å². The molecule has 0 aliphatic carbocycles. The molecular weight excluding hydrogens is 491 g/mol. The van der Waals surface area contributed by atoms with E-state index in [0.717, 1.165) is 11.1 Å². The summed E-state index contributed by atoms with van der Waals surface area (Å²) in [5.41, 5.74) is 3.12. The largest absolute Gasteiger partial charge is 0.333 e. The maximum atomic E-state index is 13.5. The number of hydrogen-bond donors (Lipinski definition) is 0. The third kappa shape index (κ3) is 6.97. The molecule has 0 bridgehead atoms. The average Bonchev–Trinajstić information content (AvgIpc) is 2.91. The molecule has 0 heterocycles. The molecule has 4 aromatic carbocycles. The molecule has 0 radical (unpaired) electrons. The molecule has 0 fully saturated rings. The third-order valence-electron chi connectivity index (χ3n) is 5.83. The molecule has 0 aromatic heterocycles. The van der Waals surface area contributed by atoms with E-state index in [-0.39, 0.29) is 11.8 Å². The summed E-state index contributed by atoms with van der Waals surface area (Å²) >= 11 is 12.1. The van der Waals surface area contributed by atoms with Gasteiger partial charge < -0.3 is 9.80 Å². The van der Waals surface area contributed by atoms with Crippen LogP contribution in [0.25, 0.3) is 0 Å². The van der Waals surface area contributed by atoms with Crippen LogP contribution in [0.5, 0.6) is 0 Å². The van der Waals surface area contributed by atoms with Crippen LogP contribution >= 0.6 is 23.2 Å². The van der Waals surface area contributed by atoms with Crippen LogP contribution in [-0.4, -0.2) is 34.7 Å². The van der Waals surface area contributed by atoms with E-state index in [4.69, 9.17) is 23.2 Å². The van der Waals surface area contributed by atoms with Gasteiger partial charge in [-0.25, -0.2) is 0 Å². The molecule has 0 saturated carbocycles. The first-order valence-corrected chi connectivity index (χ1v) is 12.4. The Morgan fingerprint density at radius 3 is 1.17 bits per heavy atom. The Morgan fingerprint density at radius 1 is 0.500 bits per heavy atom. The van der Waals surface area contributed by atoms with Crippen molar-refractivity contribution in [2.45, 2.75) is 13.1 Å². The lowest BCUT2D eigenvalue weighted by molar-refractivity contribution is 0.0644. The summed E-state index contributed by atoms with van der Waals surface area (Å²) in [4.78, 5) is 30.5. The van der Waals surface area contributed by atoms with Crippen molar-refractivity contribution >= 4 is 35.0 Å². The van der Waals surface area contributed by atoms with Crippen molar-refractivity contribution in [1.29, 1.82) is 0 Å². The molecule has 0 N–H and O–H groups in total. The predicted molar refractivity (Wildman–Crippen MR) is 145 cm³/mol. The Kier molecular flexibility index (Phi) is 8.77. The first kappa shape index (κ1) is 25.5. The second-order valence-corrected chi connectivity index (χ2v) is 9.31. The number of hydrogen-bond acceptors (Lipinski definition) is 2. The molecule has 0 atom stereocenters. The van der Waals surface area contributed by atoms with Crippen LogP contribution in [-0.2, 0) is 13.1 Å². The molecule has 4 nitrogen and oxygen atoms in total. The number of rotatable bonds is 9. The summed E-state index contributed by atoms with van der Waals surface area (Å²) in [6.07, 6.45) is 0. The maximum Gasteiger partial charge on any atom is 0.254 e. The molecule has 0 spiro atoms. The summed E-state index contributed by atoms with van der Waals surface area (Å²) in [6, 6.07) is 33.4. The molecule has 36 heavy (non-hydrogen) atoms. The fraction of sp³-hybridized carbons (Fsp3) is 0.133. The van der Waals surface area contributed by atoms with E-state index >= 15 is 0 Å². The number of carbonyl (C=O) groups excluding carboxylic acids is 2. The van der Waals surface area contributed by atoms with Gasteiger partial charge in [-0.15, -0.1) is 0 Å². The molecule has 4 rings (SSSR count). The van der Waals surface area contributed by atoms with Crippen LogP contribution in [0.15, 0.2) is 109 Å². The lowest BCUT2D eigenvalue weighted by Gasteiger charge is -2.28. The van der Waals surface area contributed by atoms with E-state index in [2.05, 4.69) is 0 Å². The van der Waals surface area contributed by atoms with Crippen LogP contribution in [0.2, 0.25) is 10.0 Å². The first-order chi connectivity index (χ1) is 17.5. The maximum absolute atomic E-state index is 13.5. The number of benzene rings is 4. The van der Waals surface area contributed by atoms with Gasteiger partial charge in [0.2, 0.25) is 0 Å². The zero-order valence-corrected chi connectivity index (χ0v) is 21.2. The highest BCUT2D eigenvalue weighted by Gasteiger charge is 2.21. The highest BCUT2D eigenvalue weighted by Crippen LogP contribution is 2.17. The van der Waals surface area contributed by atoms with Gasteiger partial charge >= 0.3 is 0 Å². The second-order valence-electron chi connectivity index (χ2n) is 8.44. The standard InChI is InChI=1S/C30H26Cl2N2O2/c31-27-15-11-25(12-16-27)29(35)33(21-23-7-3-1-4-8-23)19-20-34(22-24-9-5-2-6-10-24)30(36)26-13-17-28(32)18-14-26/h1-18H,19-22H2. The van der Waals surface area contributed by atoms with Crippen LogP contribution < -0.4 is 0 Å². The highest BCUT2D eigenvalue weighted by molar-refractivity contribution is 6.31. The van der Waals surface area contributed by atoms with Crippen molar-refractivity contribution in [1.82, 2.24) is 9.80 Å². The summed E-state index contributed by atoms with van der Waals surface area (Å²) < 4.78 is 0. The number of halogens is 2. The Labute approximate surface area is 221 Å². The predicted octanol–water partition coefficient (Wildman–Crippen LogP) is 6.98. The van der Waals surface area contributed by atoms with Gasteiger partial charge in [0.05, 0.1) is 0 Å². The summed E-state index contributed by atoms with van der Waals surface area (Å²) in [6.45, 7) is 1.58. The summed E-state index contributed by atoms with van der Waals surface area (Å²) in [7, 11) is 0. The van der Waals surface area contributed by atoms with Gasteiger partial charge in [0.15, 0.2) is 0 Å². The molecule has 0 saturated heterocycles. The van der Waals surface area contributed by atoms with Gasteiger partial charge in [-0.3, -0.25) is 9.59 Å². The fourth-order valence-corrected chi connectivity index (χ4v) is 4.16. The highest BCUT2D eigenvalue weighted by atomic mass is 35.5. The summed E-state index contributed by atoms with van der Waals surface area (Å²) in [5.74, 6) is -0.233. The van der Waals surface area contributed by atoms with Crippen molar-refractivity contribution in [3.63, 3.8) is 0 Å². The van der Waals surface area contributed by atoms with Crippen LogP contribution in [0.1, 0.15) is 31.8 Å². The molecule has 4 aromatic rings. The summed E-state index contributed by atoms with van der Waals surface area (Å²) in [5, 5.41) is 1.15. The number of nitrogens with zero attached hydrogens (tertiary/aromatic N) is 2. The van der Waals surface area contributed by atoms with Crippen molar-refractivity contribution in [3.8, 4) is 0 Å². The van der Waals surface area contributed by atoms with Gasteiger partial charge in [-0.2, -0.15) is 0 Å². The van der Waals surface area contributed by atoms with Crippen LogP contribution in [0, 0.1) is 0 Å². The monoisotopic (exact) mass is 516 g/mol. The Morgan fingerprint density at radius 2 is 0.833 bits per heavy atom. The van der Waals surface area contributed by atoms with E-state index in [1.165, 1.54) is 0 Å². The lowest BCUT2D eigenvalue weighted by Crippen LogP contribution is -2.40. The topological polar surface area (TPSA) is 40.6 Å². The average molecular weight is 517 g/mol. The third-order valence-corrected chi connectivity index (χ3v) is 6.33. The zero-order chi connectivity index (χ0) is 25.3. The Balaban J connectivity index is 1.58. The number of carbonyl (C=O) groups is 2. The molecule has 182 valence electrons. The molecule has 0 aliphatic rings. The quantitative estimate of drug-likeness (QED) is 0.240. The van der Waals surface area contributed by atoms with Gasteiger partial charge in [0.1, 0.15) is 0 Å². The van der Waals surface area contributed by atoms with Crippen molar-refractivity contribution in [2.24, 2.45) is 0 Å². The van der Waals surface area contributed by atoms with Crippen LogP contribution in [0.4, 0.5) is 0 Å². The minimum absolute atomic E-state index is 0.117. The van der Waals surface area contributed by atoms with E-state index < -0.39 is 0 Å². The van der Waals surface area contributed by atoms with Gasteiger partial charge in [0, 0.05) is 47.4 Å². The second kappa shape index (κ2) is 12.4. The van der Waals surface area contributed by atoms with Crippen molar-refractivity contribution < 1.29 is 9.59 Å². The first-order valence-electron chi connectivity index (χ1n) is 11.7. The molecule has 0 aliphatic heterocycles. The van der Waals surface area contributed by atoms with E-state index in [1.54, 1.807) is 58.3 Å². The van der Waals surface area contributed by atoms with Crippen LogP contribution in [0.3, 0.4) is 0 Å². The minimum atomic E-state index is -0.117. The SMILES string of the molecule is O=C(c1ccc(Cl)cc1)N(CCN(Cc1ccccc1)C(=O)c1ccc(Cl)cc1)Cc1ccccc1. The fourth-order valence-electron chi connectivity index (χ4n) is 3.90. The van der Waals surface area contributed by atoms with Gasteiger partial charge in [-0.05, 0) is 59.7 Å². The van der Waals surface area contributed by atoms with Crippen molar-refractivity contribution in [3.05, 3.63) is 141 Å². The Hall–Kier alpha value is -3.60. The number of amides is 2. The van der Waals surface area contributed by atoms with Gasteiger partial charge in [-0.1, -0.05) is 83.9 Å². The zero-order valence-electron chi connectivity index (χ0n) is 19.7. The molecular formula is C30H26Cl2N2O2. The lowest BCUT2D eigenvalue weighted by atomic mass is 10.1. The molecule has 2 amide bonds. The minimum Gasteiger partial charge on any atom is -0.333 e. The van der Waals surface area contributed by atoms with E-state index in [9.17, 15) is 9.59 Å². The molecule has 6 heteroatoms.